The Bertz CT molecular complexity index is 510. The molecule has 108 valence electrons. The molecule has 1 heterocycles. The standard InChI is InChI=1S/C16H22N2O2/c1-12-4-6-13(7-5-12)14(19)10-18-9-8-16(2,11-18)15(20)17-3/h4-7H,8-11H2,1-3H3,(H,17,20). The Balaban J connectivity index is 1.97. The zero-order chi connectivity index (χ0) is 14.8. The van der Waals surface area contributed by atoms with Crippen LogP contribution in [0.2, 0.25) is 0 Å². The fourth-order valence-corrected chi connectivity index (χ4v) is 2.71. The van der Waals surface area contributed by atoms with E-state index in [2.05, 4.69) is 10.2 Å². The quantitative estimate of drug-likeness (QED) is 0.849. The lowest BCUT2D eigenvalue weighted by molar-refractivity contribution is -0.129. The highest BCUT2D eigenvalue weighted by Crippen LogP contribution is 2.30. The van der Waals surface area contributed by atoms with Crippen molar-refractivity contribution < 1.29 is 9.59 Å². The molecule has 1 amide bonds. The molecule has 1 N–H and O–H groups in total. The van der Waals surface area contributed by atoms with Crippen molar-refractivity contribution in [2.24, 2.45) is 5.41 Å². The number of aryl methyl sites for hydroxylation is 1. The number of nitrogens with one attached hydrogen (secondary N) is 1. The van der Waals surface area contributed by atoms with Crippen LogP contribution in [0.15, 0.2) is 24.3 Å². The molecule has 0 spiro atoms. The van der Waals surface area contributed by atoms with Gasteiger partial charge in [0.1, 0.15) is 0 Å². The van der Waals surface area contributed by atoms with Gasteiger partial charge in [0.25, 0.3) is 0 Å². The highest BCUT2D eigenvalue weighted by Gasteiger charge is 2.40. The molecule has 1 aliphatic rings. The first-order valence-electron chi connectivity index (χ1n) is 6.99. The maximum Gasteiger partial charge on any atom is 0.227 e. The summed E-state index contributed by atoms with van der Waals surface area (Å²) in [6.07, 6.45) is 0.799. The molecule has 1 atom stereocenters. The lowest BCUT2D eigenvalue weighted by atomic mass is 9.89. The van der Waals surface area contributed by atoms with E-state index in [0.29, 0.717) is 13.1 Å². The van der Waals surface area contributed by atoms with Crippen molar-refractivity contribution >= 4 is 11.7 Å². The molecule has 0 aliphatic carbocycles. The highest BCUT2D eigenvalue weighted by atomic mass is 16.2. The summed E-state index contributed by atoms with van der Waals surface area (Å²) in [4.78, 5) is 26.1. The SMILES string of the molecule is CNC(=O)C1(C)CCN(CC(=O)c2ccc(C)cc2)C1. The Morgan fingerprint density at radius 2 is 1.95 bits per heavy atom. The van der Waals surface area contributed by atoms with Crippen LogP contribution in [0.25, 0.3) is 0 Å². The van der Waals surface area contributed by atoms with Gasteiger partial charge in [-0.3, -0.25) is 14.5 Å². The molecule has 1 aromatic carbocycles. The van der Waals surface area contributed by atoms with Gasteiger partial charge >= 0.3 is 0 Å². The van der Waals surface area contributed by atoms with Gasteiger partial charge in [-0.05, 0) is 26.8 Å². The first kappa shape index (κ1) is 14.7. The zero-order valence-electron chi connectivity index (χ0n) is 12.4. The number of likely N-dealkylation sites (tertiary alicyclic amines) is 1. The van der Waals surface area contributed by atoms with Crippen molar-refractivity contribution in [3.8, 4) is 0 Å². The van der Waals surface area contributed by atoms with Crippen molar-refractivity contribution in [2.45, 2.75) is 20.3 Å². The molecule has 4 nitrogen and oxygen atoms in total. The van der Waals surface area contributed by atoms with E-state index in [1.807, 2.05) is 38.1 Å². The molecule has 1 aliphatic heterocycles. The minimum Gasteiger partial charge on any atom is -0.359 e. The Labute approximate surface area is 120 Å². The van der Waals surface area contributed by atoms with Gasteiger partial charge in [0.2, 0.25) is 5.91 Å². The van der Waals surface area contributed by atoms with Gasteiger partial charge in [-0.25, -0.2) is 0 Å². The third-order valence-corrected chi connectivity index (χ3v) is 4.07. The van der Waals surface area contributed by atoms with E-state index in [1.54, 1.807) is 7.05 Å². The number of benzene rings is 1. The Kier molecular flexibility index (Phi) is 4.23. The second kappa shape index (κ2) is 5.75. The number of carbonyl (C=O) groups is 2. The summed E-state index contributed by atoms with van der Waals surface area (Å²) < 4.78 is 0. The average Bonchev–Trinajstić information content (AvgIpc) is 2.81. The fraction of sp³-hybridized carbons (Fsp3) is 0.500. The summed E-state index contributed by atoms with van der Waals surface area (Å²) in [5, 5.41) is 2.71. The molecule has 1 unspecified atom stereocenters. The van der Waals surface area contributed by atoms with Crippen LogP contribution in [-0.2, 0) is 4.79 Å². The lowest BCUT2D eigenvalue weighted by Crippen LogP contribution is -2.40. The van der Waals surface area contributed by atoms with Crippen molar-refractivity contribution in [3.05, 3.63) is 35.4 Å². The molecule has 1 saturated heterocycles. The van der Waals surface area contributed by atoms with Crippen LogP contribution in [0.5, 0.6) is 0 Å². The van der Waals surface area contributed by atoms with Gasteiger partial charge in [-0.2, -0.15) is 0 Å². The Hall–Kier alpha value is -1.68. The molecular weight excluding hydrogens is 252 g/mol. The number of Topliss-reactive ketones (excluding diaryl/α,β-unsaturated/α-hetero) is 1. The molecule has 0 radical (unpaired) electrons. The second-order valence-corrected chi connectivity index (χ2v) is 5.89. The van der Waals surface area contributed by atoms with Crippen molar-refractivity contribution in [2.75, 3.05) is 26.7 Å². The molecule has 20 heavy (non-hydrogen) atoms. The number of nitrogens with zero attached hydrogens (tertiary/aromatic N) is 1. The highest BCUT2D eigenvalue weighted by molar-refractivity contribution is 5.97. The number of carbonyl (C=O) groups excluding carboxylic acids is 2. The number of hydrogen-bond acceptors (Lipinski definition) is 3. The van der Waals surface area contributed by atoms with E-state index in [9.17, 15) is 9.59 Å². The fourth-order valence-electron chi connectivity index (χ4n) is 2.71. The monoisotopic (exact) mass is 274 g/mol. The minimum absolute atomic E-state index is 0.0581. The summed E-state index contributed by atoms with van der Waals surface area (Å²) in [7, 11) is 1.66. The number of rotatable bonds is 4. The summed E-state index contributed by atoms with van der Waals surface area (Å²) in [6, 6.07) is 7.63. The van der Waals surface area contributed by atoms with E-state index in [1.165, 1.54) is 0 Å². The maximum atomic E-state index is 12.2. The van der Waals surface area contributed by atoms with Gasteiger partial charge in [-0.15, -0.1) is 0 Å². The van der Waals surface area contributed by atoms with Crippen LogP contribution in [0, 0.1) is 12.3 Å². The third kappa shape index (κ3) is 3.07. The average molecular weight is 274 g/mol. The van der Waals surface area contributed by atoms with Gasteiger partial charge in [0.05, 0.1) is 12.0 Å². The summed E-state index contributed by atoms with van der Waals surface area (Å²) >= 11 is 0. The van der Waals surface area contributed by atoms with Crippen molar-refractivity contribution in [1.82, 2.24) is 10.2 Å². The molecule has 0 bridgehead atoms. The van der Waals surface area contributed by atoms with Gasteiger partial charge in [0, 0.05) is 19.2 Å². The predicted molar refractivity (Wildman–Crippen MR) is 78.7 cm³/mol. The van der Waals surface area contributed by atoms with Crippen molar-refractivity contribution in [3.63, 3.8) is 0 Å². The predicted octanol–water partition coefficient (Wildman–Crippen LogP) is 1.64. The number of amides is 1. The molecule has 0 saturated carbocycles. The molecular formula is C16H22N2O2. The van der Waals surface area contributed by atoms with Crippen molar-refractivity contribution in [1.29, 1.82) is 0 Å². The minimum atomic E-state index is -0.373. The summed E-state index contributed by atoms with van der Waals surface area (Å²) in [5.41, 5.74) is 1.52. The van der Waals surface area contributed by atoms with Crippen LogP contribution < -0.4 is 5.32 Å². The molecule has 1 aromatic rings. The number of hydrogen-bond donors (Lipinski definition) is 1. The van der Waals surface area contributed by atoms with E-state index in [4.69, 9.17) is 0 Å². The van der Waals surface area contributed by atoms with Crippen LogP contribution in [0.1, 0.15) is 29.3 Å². The first-order chi connectivity index (χ1) is 9.44. The maximum absolute atomic E-state index is 12.2. The van der Waals surface area contributed by atoms with Crippen LogP contribution in [0.4, 0.5) is 0 Å². The molecule has 0 aromatic heterocycles. The van der Waals surface area contributed by atoms with Crippen LogP contribution in [-0.4, -0.2) is 43.3 Å². The molecule has 1 fully saturated rings. The Morgan fingerprint density at radius 3 is 2.55 bits per heavy atom. The van der Waals surface area contributed by atoms with E-state index in [-0.39, 0.29) is 17.1 Å². The topological polar surface area (TPSA) is 49.4 Å². The van der Waals surface area contributed by atoms with Crippen LogP contribution >= 0.6 is 0 Å². The Morgan fingerprint density at radius 1 is 1.30 bits per heavy atom. The third-order valence-electron chi connectivity index (χ3n) is 4.07. The van der Waals surface area contributed by atoms with Gasteiger partial charge in [-0.1, -0.05) is 29.8 Å². The van der Waals surface area contributed by atoms with E-state index >= 15 is 0 Å². The van der Waals surface area contributed by atoms with E-state index in [0.717, 1.165) is 24.1 Å². The van der Waals surface area contributed by atoms with E-state index < -0.39 is 0 Å². The number of ketones is 1. The molecule has 4 heteroatoms. The largest absolute Gasteiger partial charge is 0.359 e. The lowest BCUT2D eigenvalue weighted by Gasteiger charge is -2.22. The molecule has 2 rings (SSSR count). The first-order valence-corrected chi connectivity index (χ1v) is 6.99. The summed E-state index contributed by atoms with van der Waals surface area (Å²) in [6.45, 7) is 5.78. The van der Waals surface area contributed by atoms with Gasteiger partial charge < -0.3 is 5.32 Å². The smallest absolute Gasteiger partial charge is 0.227 e. The zero-order valence-corrected chi connectivity index (χ0v) is 12.4. The summed E-state index contributed by atoms with van der Waals surface area (Å²) in [5.74, 6) is 0.175. The van der Waals surface area contributed by atoms with Gasteiger partial charge in [0.15, 0.2) is 5.78 Å². The normalized spacial score (nSPS) is 22.8. The second-order valence-electron chi connectivity index (χ2n) is 5.89. The van der Waals surface area contributed by atoms with Crippen LogP contribution in [0.3, 0.4) is 0 Å².